The number of benzene rings is 1. The Morgan fingerprint density at radius 1 is 1.26 bits per heavy atom. The van der Waals surface area contributed by atoms with E-state index in [0.717, 1.165) is 5.56 Å². The molecule has 1 aromatic carbocycles. The summed E-state index contributed by atoms with van der Waals surface area (Å²) in [6.07, 6.45) is -0.821. The first-order valence-electron chi connectivity index (χ1n) is 5.78. The smallest absolute Gasteiger partial charge is 0.326 e. The molecule has 0 spiro atoms. The molecule has 0 heterocycles. The topological polar surface area (TPSA) is 98.5 Å². The number of nitrogens with one attached hydrogen (secondary N) is 1. The molecule has 3 N–H and O–H groups in total. The van der Waals surface area contributed by atoms with Crippen LogP contribution in [0.5, 0.6) is 0 Å². The van der Waals surface area contributed by atoms with Crippen LogP contribution in [0.3, 0.4) is 0 Å². The first-order valence-corrected chi connectivity index (χ1v) is 5.78. The zero-order chi connectivity index (χ0) is 14.3. The lowest BCUT2D eigenvalue weighted by molar-refractivity contribution is -0.153. The second-order valence-electron chi connectivity index (χ2n) is 3.97. The predicted molar refractivity (Wildman–Crippen MR) is 67.9 cm³/mol. The average molecular weight is 264 g/mol. The van der Waals surface area contributed by atoms with Crippen LogP contribution in [-0.2, 0) is 25.5 Å². The van der Waals surface area contributed by atoms with Crippen molar-refractivity contribution in [1.29, 1.82) is 0 Å². The average Bonchev–Trinajstić information content (AvgIpc) is 2.37. The van der Waals surface area contributed by atoms with E-state index in [0.29, 0.717) is 0 Å². The summed E-state index contributed by atoms with van der Waals surface area (Å²) in [6.45, 7) is 1.08. The molecule has 0 aliphatic heterocycles. The lowest BCUT2D eigenvalue weighted by Crippen LogP contribution is -2.36. The van der Waals surface area contributed by atoms with Crippen molar-refractivity contribution < 1.29 is 19.1 Å². The fourth-order valence-electron chi connectivity index (χ4n) is 1.31. The molecule has 0 aromatic heterocycles. The highest BCUT2D eigenvalue weighted by molar-refractivity contribution is 5.85. The monoisotopic (exact) mass is 264 g/mol. The van der Waals surface area contributed by atoms with Gasteiger partial charge in [0.15, 0.2) is 6.10 Å². The first-order chi connectivity index (χ1) is 8.99. The number of amides is 2. The Balaban J connectivity index is 2.30. The molecule has 1 aromatic rings. The van der Waals surface area contributed by atoms with E-state index in [9.17, 15) is 14.4 Å². The van der Waals surface area contributed by atoms with Crippen molar-refractivity contribution in [3.63, 3.8) is 0 Å². The zero-order valence-corrected chi connectivity index (χ0v) is 10.6. The van der Waals surface area contributed by atoms with Crippen LogP contribution >= 0.6 is 0 Å². The van der Waals surface area contributed by atoms with Crippen LogP contribution in [0.1, 0.15) is 12.5 Å². The second-order valence-corrected chi connectivity index (χ2v) is 3.97. The van der Waals surface area contributed by atoms with E-state index in [1.54, 1.807) is 0 Å². The number of nitrogens with two attached hydrogens (primary N) is 1. The van der Waals surface area contributed by atoms with Crippen molar-refractivity contribution in [1.82, 2.24) is 5.32 Å². The summed E-state index contributed by atoms with van der Waals surface area (Å²) in [5, 5.41) is 2.41. The molecule has 0 radical (unpaired) electrons. The molecule has 1 atom stereocenters. The van der Waals surface area contributed by atoms with E-state index in [-0.39, 0.29) is 18.9 Å². The maximum atomic E-state index is 11.5. The highest BCUT2D eigenvalue weighted by atomic mass is 16.5. The minimum atomic E-state index is -1.00. The van der Waals surface area contributed by atoms with Crippen LogP contribution in [0.15, 0.2) is 30.3 Å². The molecule has 1 rings (SSSR count). The molecule has 0 saturated heterocycles. The number of primary amides is 1. The van der Waals surface area contributed by atoms with E-state index in [1.165, 1.54) is 6.92 Å². The summed E-state index contributed by atoms with van der Waals surface area (Å²) < 4.78 is 4.68. The molecule has 0 fully saturated rings. The number of carbonyl (C=O) groups is 3. The standard InChI is InChI=1S/C13H16N2O4/c1-9(13(14)18)19-12(17)8-15-11(16)7-10-5-3-2-4-6-10/h2-6,9H,7-8H2,1H3,(H2,14,18)(H,15,16)/t9-/m1/s1. The number of rotatable bonds is 6. The third-order valence-electron chi connectivity index (χ3n) is 2.35. The van der Waals surface area contributed by atoms with Crippen molar-refractivity contribution in [3.8, 4) is 0 Å². The molecular formula is C13H16N2O4. The Bertz CT molecular complexity index is 459. The van der Waals surface area contributed by atoms with Gasteiger partial charge >= 0.3 is 5.97 Å². The largest absolute Gasteiger partial charge is 0.451 e. The van der Waals surface area contributed by atoms with Crippen LogP contribution in [0.2, 0.25) is 0 Å². The van der Waals surface area contributed by atoms with E-state index in [2.05, 4.69) is 10.1 Å². The molecule has 0 unspecified atom stereocenters. The van der Waals surface area contributed by atoms with Gasteiger partial charge in [0.25, 0.3) is 5.91 Å². The highest BCUT2D eigenvalue weighted by Gasteiger charge is 2.14. The predicted octanol–water partition coefficient (Wildman–Crippen LogP) is -0.238. The third kappa shape index (κ3) is 5.67. The normalized spacial score (nSPS) is 11.4. The summed E-state index contributed by atoms with van der Waals surface area (Å²) in [4.78, 5) is 33.5. The summed E-state index contributed by atoms with van der Waals surface area (Å²) in [6, 6.07) is 9.13. The molecule has 2 amide bonds. The quantitative estimate of drug-likeness (QED) is 0.693. The first kappa shape index (κ1) is 14.7. The number of esters is 1. The number of carbonyl (C=O) groups excluding carboxylic acids is 3. The van der Waals surface area contributed by atoms with Gasteiger partial charge in [-0.2, -0.15) is 0 Å². The van der Waals surface area contributed by atoms with Crippen molar-refractivity contribution >= 4 is 17.8 Å². The molecule has 102 valence electrons. The summed E-state index contributed by atoms with van der Waals surface area (Å²) in [7, 11) is 0. The Hall–Kier alpha value is -2.37. The van der Waals surface area contributed by atoms with Gasteiger partial charge in [-0.25, -0.2) is 0 Å². The summed E-state index contributed by atoms with van der Waals surface area (Å²) in [5.74, 6) is -1.73. The summed E-state index contributed by atoms with van der Waals surface area (Å²) >= 11 is 0. The van der Waals surface area contributed by atoms with E-state index in [1.807, 2.05) is 30.3 Å². The van der Waals surface area contributed by atoms with Gasteiger partial charge in [0, 0.05) is 0 Å². The Morgan fingerprint density at radius 3 is 2.47 bits per heavy atom. The molecule has 6 heteroatoms. The van der Waals surface area contributed by atoms with Gasteiger partial charge in [0.05, 0.1) is 6.42 Å². The van der Waals surface area contributed by atoms with Crippen LogP contribution in [-0.4, -0.2) is 30.4 Å². The third-order valence-corrected chi connectivity index (χ3v) is 2.35. The zero-order valence-electron chi connectivity index (χ0n) is 10.6. The van der Waals surface area contributed by atoms with Crippen LogP contribution in [0.25, 0.3) is 0 Å². The van der Waals surface area contributed by atoms with Gasteiger partial charge < -0.3 is 15.8 Å². The lowest BCUT2D eigenvalue weighted by Gasteiger charge is -2.10. The Labute approximate surface area is 110 Å². The Kier molecular flexibility index (Phi) is 5.53. The fourth-order valence-corrected chi connectivity index (χ4v) is 1.31. The summed E-state index contributed by atoms with van der Waals surface area (Å²) in [5.41, 5.74) is 5.79. The molecule has 0 bridgehead atoms. The molecule has 0 saturated carbocycles. The van der Waals surface area contributed by atoms with Crippen molar-refractivity contribution in [3.05, 3.63) is 35.9 Å². The van der Waals surface area contributed by atoms with Gasteiger partial charge in [-0.15, -0.1) is 0 Å². The van der Waals surface area contributed by atoms with Crippen molar-refractivity contribution in [2.24, 2.45) is 5.73 Å². The molecule has 0 aliphatic carbocycles. The fraction of sp³-hybridized carbons (Fsp3) is 0.308. The maximum Gasteiger partial charge on any atom is 0.326 e. The van der Waals surface area contributed by atoms with Crippen LogP contribution < -0.4 is 11.1 Å². The SMILES string of the molecule is C[C@@H](OC(=O)CNC(=O)Cc1ccccc1)C(N)=O. The maximum absolute atomic E-state index is 11.5. The number of hydrogen-bond acceptors (Lipinski definition) is 4. The molecule has 0 aliphatic rings. The minimum absolute atomic E-state index is 0.180. The van der Waals surface area contributed by atoms with Crippen LogP contribution in [0, 0.1) is 0 Å². The second kappa shape index (κ2) is 7.15. The van der Waals surface area contributed by atoms with Crippen molar-refractivity contribution in [2.75, 3.05) is 6.54 Å². The highest BCUT2D eigenvalue weighted by Crippen LogP contribution is 1.99. The van der Waals surface area contributed by atoms with Gasteiger partial charge in [-0.3, -0.25) is 14.4 Å². The van der Waals surface area contributed by atoms with Gasteiger partial charge in [0.1, 0.15) is 6.54 Å². The van der Waals surface area contributed by atoms with E-state index < -0.39 is 18.0 Å². The van der Waals surface area contributed by atoms with Gasteiger partial charge in [0.2, 0.25) is 5.91 Å². The van der Waals surface area contributed by atoms with E-state index >= 15 is 0 Å². The molecule has 6 nitrogen and oxygen atoms in total. The van der Waals surface area contributed by atoms with Crippen molar-refractivity contribution in [2.45, 2.75) is 19.4 Å². The van der Waals surface area contributed by atoms with E-state index in [4.69, 9.17) is 5.73 Å². The van der Waals surface area contributed by atoms with Crippen LogP contribution in [0.4, 0.5) is 0 Å². The molecule has 19 heavy (non-hydrogen) atoms. The van der Waals surface area contributed by atoms with Gasteiger partial charge in [-0.1, -0.05) is 30.3 Å². The van der Waals surface area contributed by atoms with Gasteiger partial charge in [-0.05, 0) is 12.5 Å². The number of ether oxygens (including phenoxy) is 1. The minimum Gasteiger partial charge on any atom is -0.451 e. The number of hydrogen-bond donors (Lipinski definition) is 2. The molecular weight excluding hydrogens is 248 g/mol. The lowest BCUT2D eigenvalue weighted by atomic mass is 10.1. The Morgan fingerprint density at radius 2 is 1.89 bits per heavy atom.